The fraction of sp³-hybridized carbons (Fsp3) is 0.736. The van der Waals surface area contributed by atoms with E-state index < -0.39 is 124 Å². The van der Waals surface area contributed by atoms with Gasteiger partial charge in [0.15, 0.2) is 18.9 Å². The zero-order chi connectivity index (χ0) is 66.1. The van der Waals surface area contributed by atoms with Crippen molar-refractivity contribution in [3.63, 3.8) is 0 Å². The highest BCUT2D eigenvalue weighted by atomic mass is 16.8. The van der Waals surface area contributed by atoms with E-state index in [1.54, 1.807) is 0 Å². The third-order valence-corrected chi connectivity index (χ3v) is 16.6. The van der Waals surface area contributed by atoms with E-state index >= 15 is 0 Å². The quantitative estimate of drug-likeness (QED) is 0.0200. The highest BCUT2D eigenvalue weighted by Crippen LogP contribution is 2.33. The number of hydrogen-bond acceptors (Lipinski definition) is 18. The van der Waals surface area contributed by atoms with Crippen molar-refractivity contribution >= 4 is 5.91 Å². The summed E-state index contributed by atoms with van der Waals surface area (Å²) in [6.07, 6.45) is 43.0. The van der Waals surface area contributed by atoms with Gasteiger partial charge in [-0.2, -0.15) is 0 Å². The van der Waals surface area contributed by atoms with Gasteiger partial charge in [-0.15, -0.1) is 0 Å². The van der Waals surface area contributed by atoms with E-state index in [1.807, 2.05) is 0 Å². The molecule has 17 atom stereocenters. The van der Waals surface area contributed by atoms with Crippen molar-refractivity contribution < 1.29 is 89.4 Å². The SMILES string of the molecule is CC/C=C\C/C=C\C/C=C\C/C=C\C/C=C\C/C=C\C/C=C\C/C=C\C/C=C\CCCCCC(=O)NC(COC1OC(CO)C(OC2OC(CO)C(OC3OC(CO)C(O)C(O)C3O)C(O)C2O)C(O)C1O)C(O)CCCCCCCCCCCCCCCCC. The smallest absolute Gasteiger partial charge is 0.220 e. The topological polar surface area (TPSA) is 307 Å². The Morgan fingerprint density at radius 2 is 0.758 bits per heavy atom. The Bertz CT molecular complexity index is 2070. The predicted octanol–water partition coefficient (Wildman–Crippen LogP) is 9.05. The number of ether oxygens (including phenoxy) is 6. The first-order valence-electron chi connectivity index (χ1n) is 34.6. The zero-order valence-electron chi connectivity index (χ0n) is 55.0. The average Bonchev–Trinajstić information content (AvgIpc) is 0.876. The van der Waals surface area contributed by atoms with Crippen molar-refractivity contribution in [2.45, 2.75) is 311 Å². The zero-order valence-corrected chi connectivity index (χ0v) is 55.0. The maximum Gasteiger partial charge on any atom is 0.220 e. The summed E-state index contributed by atoms with van der Waals surface area (Å²) in [5.74, 6) is -0.279. The molecule has 3 saturated heterocycles. The van der Waals surface area contributed by atoms with Gasteiger partial charge in [-0.1, -0.05) is 226 Å². The number of aliphatic hydroxyl groups excluding tert-OH is 11. The Kier molecular flexibility index (Phi) is 47.3. The summed E-state index contributed by atoms with van der Waals surface area (Å²) in [6, 6.07) is -0.913. The maximum atomic E-state index is 13.4. The first kappa shape index (κ1) is 81.7. The average molecular weight is 1290 g/mol. The minimum absolute atomic E-state index is 0.219. The molecule has 17 unspecified atom stereocenters. The fourth-order valence-electron chi connectivity index (χ4n) is 11.0. The normalized spacial score (nSPS) is 28.6. The van der Waals surface area contributed by atoms with Gasteiger partial charge in [0.25, 0.3) is 0 Å². The number of hydrogen-bond donors (Lipinski definition) is 12. The van der Waals surface area contributed by atoms with Crippen molar-refractivity contribution in [3.05, 3.63) is 109 Å². The molecule has 91 heavy (non-hydrogen) atoms. The molecule has 0 radical (unpaired) electrons. The third-order valence-electron chi connectivity index (χ3n) is 16.6. The van der Waals surface area contributed by atoms with Gasteiger partial charge in [-0.25, -0.2) is 0 Å². The van der Waals surface area contributed by atoms with E-state index in [0.717, 1.165) is 96.3 Å². The lowest BCUT2D eigenvalue weighted by atomic mass is 9.96. The Labute approximate surface area is 545 Å². The van der Waals surface area contributed by atoms with Crippen LogP contribution in [0.5, 0.6) is 0 Å². The van der Waals surface area contributed by atoms with Crippen LogP contribution in [0.25, 0.3) is 0 Å². The second kappa shape index (κ2) is 52.7. The third kappa shape index (κ3) is 34.6. The van der Waals surface area contributed by atoms with Gasteiger partial charge in [-0.3, -0.25) is 4.79 Å². The Morgan fingerprint density at radius 3 is 1.18 bits per heavy atom. The minimum Gasteiger partial charge on any atom is -0.394 e. The Hall–Kier alpha value is -3.55. The molecule has 19 heteroatoms. The van der Waals surface area contributed by atoms with Gasteiger partial charge in [0.1, 0.15) is 73.2 Å². The van der Waals surface area contributed by atoms with E-state index in [9.17, 15) is 61.0 Å². The van der Waals surface area contributed by atoms with E-state index in [0.29, 0.717) is 19.3 Å². The Morgan fingerprint density at radius 1 is 0.407 bits per heavy atom. The summed E-state index contributed by atoms with van der Waals surface area (Å²) in [4.78, 5) is 13.4. The van der Waals surface area contributed by atoms with Crippen LogP contribution in [0.3, 0.4) is 0 Å². The van der Waals surface area contributed by atoms with Crippen molar-refractivity contribution in [3.8, 4) is 0 Å². The minimum atomic E-state index is -1.98. The molecule has 3 heterocycles. The molecule has 0 bridgehead atoms. The number of carbonyl (C=O) groups excluding carboxylic acids is 1. The summed E-state index contributed by atoms with van der Waals surface area (Å²) < 4.78 is 34.4. The van der Waals surface area contributed by atoms with Gasteiger partial charge >= 0.3 is 0 Å². The van der Waals surface area contributed by atoms with Crippen LogP contribution in [0.2, 0.25) is 0 Å². The van der Waals surface area contributed by atoms with E-state index in [4.69, 9.17) is 28.4 Å². The van der Waals surface area contributed by atoms with Gasteiger partial charge in [0.05, 0.1) is 38.6 Å². The first-order chi connectivity index (χ1) is 44.3. The molecule has 3 fully saturated rings. The van der Waals surface area contributed by atoms with Crippen molar-refractivity contribution in [1.82, 2.24) is 5.32 Å². The number of nitrogens with one attached hydrogen (secondary N) is 1. The second-order valence-corrected chi connectivity index (χ2v) is 24.3. The lowest BCUT2D eigenvalue weighted by Gasteiger charge is -2.48. The monoisotopic (exact) mass is 1290 g/mol. The van der Waals surface area contributed by atoms with Crippen LogP contribution in [0.15, 0.2) is 109 Å². The molecular formula is C72H121NO18. The maximum absolute atomic E-state index is 13.4. The van der Waals surface area contributed by atoms with Crippen molar-refractivity contribution in [1.29, 1.82) is 0 Å². The van der Waals surface area contributed by atoms with Crippen LogP contribution in [0, 0.1) is 0 Å². The van der Waals surface area contributed by atoms with Gasteiger partial charge < -0.3 is 89.9 Å². The van der Waals surface area contributed by atoms with Crippen LogP contribution < -0.4 is 5.32 Å². The summed E-state index contributed by atoms with van der Waals surface area (Å²) in [7, 11) is 0. The number of amides is 1. The molecule has 522 valence electrons. The molecule has 0 aliphatic carbocycles. The van der Waals surface area contributed by atoms with Crippen LogP contribution in [0.1, 0.15) is 206 Å². The molecule has 3 rings (SSSR count). The second-order valence-electron chi connectivity index (χ2n) is 24.3. The molecule has 3 aliphatic rings. The molecule has 12 N–H and O–H groups in total. The Balaban J connectivity index is 1.43. The van der Waals surface area contributed by atoms with Gasteiger partial charge in [0.2, 0.25) is 5.91 Å². The molecule has 0 spiro atoms. The first-order valence-corrected chi connectivity index (χ1v) is 34.6. The van der Waals surface area contributed by atoms with Crippen molar-refractivity contribution in [2.24, 2.45) is 0 Å². The number of aliphatic hydroxyl groups is 11. The van der Waals surface area contributed by atoms with Crippen LogP contribution in [-0.4, -0.2) is 193 Å². The highest BCUT2D eigenvalue weighted by Gasteiger charge is 2.53. The number of allylic oxidation sites excluding steroid dienone is 18. The molecule has 19 nitrogen and oxygen atoms in total. The van der Waals surface area contributed by atoms with Crippen LogP contribution in [0.4, 0.5) is 0 Å². The molecule has 0 aromatic rings. The summed E-state index contributed by atoms with van der Waals surface area (Å²) in [5, 5.41) is 121. The molecule has 0 saturated carbocycles. The van der Waals surface area contributed by atoms with E-state index in [-0.39, 0.29) is 18.9 Å². The number of carbonyl (C=O) groups is 1. The highest BCUT2D eigenvalue weighted by molar-refractivity contribution is 5.76. The summed E-state index contributed by atoms with van der Waals surface area (Å²) >= 11 is 0. The molecule has 1 amide bonds. The summed E-state index contributed by atoms with van der Waals surface area (Å²) in [6.45, 7) is 1.64. The van der Waals surface area contributed by atoms with Crippen LogP contribution >= 0.6 is 0 Å². The number of unbranched alkanes of at least 4 members (excludes halogenated alkanes) is 17. The lowest BCUT2D eigenvalue weighted by Crippen LogP contribution is -2.66. The fourth-order valence-corrected chi connectivity index (χ4v) is 11.0. The molecular weight excluding hydrogens is 1170 g/mol. The number of rotatable bonds is 51. The van der Waals surface area contributed by atoms with Crippen molar-refractivity contribution in [2.75, 3.05) is 26.4 Å². The molecule has 0 aromatic carbocycles. The lowest BCUT2D eigenvalue weighted by molar-refractivity contribution is -0.379. The van der Waals surface area contributed by atoms with Gasteiger partial charge in [-0.05, 0) is 83.5 Å². The van der Waals surface area contributed by atoms with E-state index in [2.05, 4.69) is 129 Å². The van der Waals surface area contributed by atoms with E-state index in [1.165, 1.54) is 70.6 Å². The standard InChI is InChI=1S/C72H121NO18/c1-3-5-7-9-11-13-15-17-19-20-21-22-23-24-25-26-27-28-29-30-31-32-33-34-36-38-40-42-44-46-48-50-60(78)73-55(56(77)49-47-45-43-41-39-37-35-18-16-14-12-10-8-6-4-2)54-86-70-66(84)63(81)68(58(52-75)88-70)91-72-67(85)64(82)69(59(53-76)89-72)90-71-65(83)62(80)61(79)57(51-74)87-71/h5,7,11,13,17,19,21-22,24-25,27-28,30-31,33-34,38,40,55-59,61-72,74-77,79-85H,3-4,6,8-10,12,14-16,18,20,23,26,29,32,35-37,39,41-54H2,1-2H3,(H,73,78)/b7-5-,13-11-,19-17-,22-21-,25-24-,28-27-,31-30-,34-33-,40-38-. The van der Waals surface area contributed by atoms with Crippen LogP contribution in [-0.2, 0) is 33.2 Å². The summed E-state index contributed by atoms with van der Waals surface area (Å²) in [5.41, 5.74) is 0. The predicted molar refractivity (Wildman–Crippen MR) is 355 cm³/mol. The largest absolute Gasteiger partial charge is 0.394 e. The molecule has 3 aliphatic heterocycles. The molecule has 0 aromatic heterocycles. The van der Waals surface area contributed by atoms with Gasteiger partial charge in [0, 0.05) is 6.42 Å².